The van der Waals surface area contributed by atoms with E-state index in [1.165, 1.54) is 12.1 Å². The van der Waals surface area contributed by atoms with Crippen LogP contribution < -0.4 is 5.73 Å². The number of nitrogens with two attached hydrogens (primary N) is 1. The van der Waals surface area contributed by atoms with Crippen molar-refractivity contribution in [1.29, 1.82) is 0 Å². The minimum atomic E-state index is -4.52. The van der Waals surface area contributed by atoms with Crippen molar-refractivity contribution in [2.24, 2.45) is 0 Å². The molecule has 0 spiro atoms. The van der Waals surface area contributed by atoms with Gasteiger partial charge in [0.15, 0.2) is 5.78 Å². The number of halogens is 3. The van der Waals surface area contributed by atoms with Crippen LogP contribution in [0.5, 0.6) is 0 Å². The van der Waals surface area contributed by atoms with E-state index in [4.69, 9.17) is 5.73 Å². The fourth-order valence-electron chi connectivity index (χ4n) is 1.25. The van der Waals surface area contributed by atoms with Gasteiger partial charge < -0.3 is 5.73 Å². The second kappa shape index (κ2) is 3.92. The van der Waals surface area contributed by atoms with Crippen molar-refractivity contribution in [2.75, 3.05) is 5.73 Å². The van der Waals surface area contributed by atoms with Gasteiger partial charge in [-0.2, -0.15) is 13.2 Å². The van der Waals surface area contributed by atoms with E-state index in [0.29, 0.717) is 0 Å². The summed E-state index contributed by atoms with van der Waals surface area (Å²) in [6, 6.07) is 3.35. The van der Waals surface area contributed by atoms with E-state index in [-0.39, 0.29) is 12.0 Å². The maximum atomic E-state index is 12.4. The summed E-state index contributed by atoms with van der Waals surface area (Å²) in [6.45, 7) is 1.57. The lowest BCUT2D eigenvalue weighted by Crippen LogP contribution is -2.12. The van der Waals surface area contributed by atoms with Gasteiger partial charge in [0.1, 0.15) is 0 Å². The van der Waals surface area contributed by atoms with Crippen LogP contribution in [0.25, 0.3) is 0 Å². The molecular formula is C10H10F3NO. The average Bonchev–Trinajstić information content (AvgIpc) is 2.15. The molecule has 15 heavy (non-hydrogen) atoms. The normalized spacial score (nSPS) is 11.5. The maximum absolute atomic E-state index is 12.4. The van der Waals surface area contributed by atoms with Gasteiger partial charge in [-0.1, -0.05) is 13.0 Å². The number of carbonyl (C=O) groups excluding carboxylic acids is 1. The number of anilines is 1. The second-order valence-corrected chi connectivity index (χ2v) is 3.04. The van der Waals surface area contributed by atoms with E-state index in [2.05, 4.69) is 0 Å². The van der Waals surface area contributed by atoms with Crippen molar-refractivity contribution in [2.45, 2.75) is 19.5 Å². The Balaban J connectivity index is 3.30. The van der Waals surface area contributed by atoms with E-state index >= 15 is 0 Å². The summed E-state index contributed by atoms with van der Waals surface area (Å²) in [5.74, 6) is -0.390. The minimum Gasteiger partial charge on any atom is -0.398 e. The topological polar surface area (TPSA) is 43.1 Å². The maximum Gasteiger partial charge on any atom is 0.418 e. The van der Waals surface area contributed by atoms with Crippen molar-refractivity contribution in [3.05, 3.63) is 29.3 Å². The van der Waals surface area contributed by atoms with Crippen molar-refractivity contribution in [1.82, 2.24) is 0 Å². The van der Waals surface area contributed by atoms with Crippen LogP contribution in [0.15, 0.2) is 18.2 Å². The molecule has 0 aliphatic rings. The van der Waals surface area contributed by atoms with Gasteiger partial charge in [-0.05, 0) is 12.1 Å². The van der Waals surface area contributed by atoms with Gasteiger partial charge in [-0.25, -0.2) is 0 Å². The Bertz CT molecular complexity index is 385. The Morgan fingerprint density at radius 3 is 2.47 bits per heavy atom. The third-order valence-corrected chi connectivity index (χ3v) is 2.03. The van der Waals surface area contributed by atoms with Crippen LogP contribution in [0.4, 0.5) is 18.9 Å². The minimum absolute atomic E-state index is 0.0627. The predicted octanol–water partition coefficient (Wildman–Crippen LogP) is 2.88. The summed E-state index contributed by atoms with van der Waals surface area (Å²) in [4.78, 5) is 11.3. The van der Waals surface area contributed by atoms with Crippen LogP contribution in [0.2, 0.25) is 0 Å². The summed E-state index contributed by atoms with van der Waals surface area (Å²) in [5.41, 5.74) is 3.80. The molecule has 0 radical (unpaired) electrons. The first kappa shape index (κ1) is 11.6. The van der Waals surface area contributed by atoms with E-state index in [9.17, 15) is 18.0 Å². The number of Topliss-reactive ketones (excluding diaryl/α,β-unsaturated/α-hetero) is 1. The second-order valence-electron chi connectivity index (χ2n) is 3.04. The number of carbonyl (C=O) groups is 1. The first-order valence-corrected chi connectivity index (χ1v) is 4.36. The summed E-state index contributed by atoms with van der Waals surface area (Å²) in [7, 11) is 0. The highest BCUT2D eigenvalue weighted by molar-refractivity contribution is 6.01. The standard InChI is InChI=1S/C10H10F3NO/c1-2-8(15)6-4-3-5-7(9(6)14)10(11,12)13/h3-5H,2,14H2,1H3. The number of hydrogen-bond acceptors (Lipinski definition) is 2. The van der Waals surface area contributed by atoms with Crippen LogP contribution >= 0.6 is 0 Å². The van der Waals surface area contributed by atoms with Gasteiger partial charge in [-0.15, -0.1) is 0 Å². The fraction of sp³-hybridized carbons (Fsp3) is 0.300. The molecule has 1 aromatic carbocycles. The zero-order valence-corrected chi connectivity index (χ0v) is 8.06. The zero-order chi connectivity index (χ0) is 11.6. The number of benzene rings is 1. The SMILES string of the molecule is CCC(=O)c1cccc(C(F)(F)F)c1N. The molecule has 0 heterocycles. The van der Waals surface area contributed by atoms with Crippen LogP contribution in [0, 0.1) is 0 Å². The highest BCUT2D eigenvalue weighted by atomic mass is 19.4. The van der Waals surface area contributed by atoms with Gasteiger partial charge in [-0.3, -0.25) is 4.79 Å². The predicted molar refractivity (Wildman–Crippen MR) is 50.5 cm³/mol. The molecule has 0 unspecified atom stereocenters. The van der Waals surface area contributed by atoms with E-state index < -0.39 is 23.2 Å². The molecule has 0 bridgehead atoms. The number of rotatable bonds is 2. The molecular weight excluding hydrogens is 207 g/mol. The summed E-state index contributed by atoms with van der Waals surface area (Å²) in [5, 5.41) is 0. The third kappa shape index (κ3) is 2.29. The lowest BCUT2D eigenvalue weighted by Gasteiger charge is -2.12. The van der Waals surface area contributed by atoms with Gasteiger partial charge >= 0.3 is 6.18 Å². The van der Waals surface area contributed by atoms with Crippen LogP contribution in [-0.2, 0) is 6.18 Å². The number of nitrogen functional groups attached to an aromatic ring is 1. The Morgan fingerprint density at radius 2 is 2.00 bits per heavy atom. The Morgan fingerprint density at radius 1 is 1.40 bits per heavy atom. The highest BCUT2D eigenvalue weighted by Crippen LogP contribution is 2.35. The van der Waals surface area contributed by atoms with Crippen LogP contribution in [0.3, 0.4) is 0 Å². The summed E-state index contributed by atoms with van der Waals surface area (Å²) in [6.07, 6.45) is -4.39. The molecule has 0 fully saturated rings. The van der Waals surface area contributed by atoms with Crippen molar-refractivity contribution < 1.29 is 18.0 Å². The summed E-state index contributed by atoms with van der Waals surface area (Å²) >= 11 is 0. The Labute approximate surface area is 84.9 Å². The molecule has 1 rings (SSSR count). The monoisotopic (exact) mass is 217 g/mol. The van der Waals surface area contributed by atoms with Crippen molar-refractivity contribution in [3.63, 3.8) is 0 Å². The molecule has 0 aliphatic heterocycles. The molecule has 0 atom stereocenters. The van der Waals surface area contributed by atoms with Gasteiger partial charge in [0.25, 0.3) is 0 Å². The van der Waals surface area contributed by atoms with Gasteiger partial charge in [0.05, 0.1) is 11.3 Å². The largest absolute Gasteiger partial charge is 0.418 e. The van der Waals surface area contributed by atoms with Crippen molar-refractivity contribution >= 4 is 11.5 Å². The van der Waals surface area contributed by atoms with E-state index in [1.54, 1.807) is 6.92 Å². The number of alkyl halides is 3. The lowest BCUT2D eigenvalue weighted by molar-refractivity contribution is -0.136. The molecule has 1 aromatic rings. The number of para-hydroxylation sites is 1. The first-order valence-electron chi connectivity index (χ1n) is 4.36. The first-order chi connectivity index (χ1) is 6.88. The third-order valence-electron chi connectivity index (χ3n) is 2.03. The summed E-state index contributed by atoms with van der Waals surface area (Å²) < 4.78 is 37.2. The average molecular weight is 217 g/mol. The quantitative estimate of drug-likeness (QED) is 0.611. The van der Waals surface area contributed by atoms with Crippen LogP contribution in [-0.4, -0.2) is 5.78 Å². The highest BCUT2D eigenvalue weighted by Gasteiger charge is 2.34. The molecule has 0 saturated heterocycles. The lowest BCUT2D eigenvalue weighted by atomic mass is 10.0. The zero-order valence-electron chi connectivity index (χ0n) is 8.06. The smallest absolute Gasteiger partial charge is 0.398 e. The number of hydrogen-bond donors (Lipinski definition) is 1. The molecule has 0 saturated carbocycles. The molecule has 0 aliphatic carbocycles. The Hall–Kier alpha value is -1.52. The van der Waals surface area contributed by atoms with Gasteiger partial charge in [0, 0.05) is 12.0 Å². The molecule has 82 valence electrons. The van der Waals surface area contributed by atoms with Crippen LogP contribution in [0.1, 0.15) is 29.3 Å². The molecule has 0 amide bonds. The molecule has 0 aromatic heterocycles. The fourth-order valence-corrected chi connectivity index (χ4v) is 1.25. The van der Waals surface area contributed by atoms with E-state index in [1.807, 2.05) is 0 Å². The molecule has 2 N–H and O–H groups in total. The van der Waals surface area contributed by atoms with Crippen molar-refractivity contribution in [3.8, 4) is 0 Å². The molecule has 5 heteroatoms. The van der Waals surface area contributed by atoms with E-state index in [0.717, 1.165) is 6.07 Å². The molecule has 2 nitrogen and oxygen atoms in total. The Kier molecular flexibility index (Phi) is 3.02. The number of ketones is 1. The van der Waals surface area contributed by atoms with Gasteiger partial charge in [0.2, 0.25) is 0 Å².